The van der Waals surface area contributed by atoms with E-state index in [9.17, 15) is 13.8 Å². The molecule has 0 aromatic rings. The van der Waals surface area contributed by atoms with Crippen LogP contribution >= 0.6 is 11.8 Å². The van der Waals surface area contributed by atoms with Crippen molar-refractivity contribution in [1.29, 1.82) is 0 Å². The highest BCUT2D eigenvalue weighted by atomic mass is 32.2. The van der Waals surface area contributed by atoms with E-state index in [0.29, 0.717) is 5.75 Å². The van der Waals surface area contributed by atoms with Gasteiger partial charge in [-0.1, -0.05) is 19.8 Å². The zero-order valence-corrected chi connectivity index (χ0v) is 9.58. The van der Waals surface area contributed by atoms with Crippen LogP contribution in [0.3, 0.4) is 0 Å². The Bertz CT molecular complexity index is 267. The lowest BCUT2D eigenvalue weighted by Crippen LogP contribution is -2.27. The molecular formula is C8H13NO3S2. The third-order valence-corrected chi connectivity index (χ3v) is 4.90. The average Bonchev–Trinajstić information content (AvgIpc) is 2.45. The maximum atomic E-state index is 11.6. The molecule has 2 amide bonds. The zero-order valence-electron chi connectivity index (χ0n) is 7.95. The summed E-state index contributed by atoms with van der Waals surface area (Å²) in [4.78, 5) is 21.9. The minimum Gasteiger partial charge on any atom is -0.285 e. The van der Waals surface area contributed by atoms with E-state index < -0.39 is 21.3 Å². The topological polar surface area (TPSA) is 63.2 Å². The molecule has 1 aliphatic rings. The molecule has 1 saturated heterocycles. The van der Waals surface area contributed by atoms with Crippen molar-refractivity contribution in [2.45, 2.75) is 30.8 Å². The molecule has 4 nitrogen and oxygen atoms in total. The molecule has 0 aliphatic carbocycles. The molecule has 2 unspecified atom stereocenters. The van der Waals surface area contributed by atoms with Gasteiger partial charge in [-0.3, -0.25) is 19.1 Å². The second-order valence-electron chi connectivity index (χ2n) is 3.02. The molecule has 14 heavy (non-hydrogen) atoms. The number of carbonyl (C=O) groups is 2. The first-order valence-electron chi connectivity index (χ1n) is 4.53. The predicted octanol–water partition coefficient (Wildman–Crippen LogP) is 1.23. The summed E-state index contributed by atoms with van der Waals surface area (Å²) in [5, 5.41) is 1.74. The van der Waals surface area contributed by atoms with Crippen LogP contribution in [0.15, 0.2) is 0 Å². The number of carbonyl (C=O) groups excluding carboxylic acids is 2. The van der Waals surface area contributed by atoms with Crippen LogP contribution in [0.4, 0.5) is 4.79 Å². The van der Waals surface area contributed by atoms with Crippen molar-refractivity contribution in [2.24, 2.45) is 0 Å². The standard InChI is InChI=1S/C8H13NO3S2/c1-2-3-4-5-14(12)7-6(10)9-8(11)13-7/h7H,2-5H2,1H3,(H,9,10,11). The molecule has 1 rings (SSSR count). The lowest BCUT2D eigenvalue weighted by molar-refractivity contribution is -0.117. The van der Waals surface area contributed by atoms with Crippen LogP contribution in [0.25, 0.3) is 0 Å². The van der Waals surface area contributed by atoms with Crippen molar-refractivity contribution in [3.8, 4) is 0 Å². The van der Waals surface area contributed by atoms with Gasteiger partial charge in [0.05, 0.1) is 0 Å². The van der Waals surface area contributed by atoms with Crippen molar-refractivity contribution in [3.05, 3.63) is 0 Å². The van der Waals surface area contributed by atoms with Crippen molar-refractivity contribution >= 4 is 33.7 Å². The van der Waals surface area contributed by atoms with Gasteiger partial charge in [-0.2, -0.15) is 0 Å². The highest BCUT2D eigenvalue weighted by Crippen LogP contribution is 2.22. The fourth-order valence-corrected chi connectivity index (χ4v) is 3.61. The maximum Gasteiger partial charge on any atom is 0.287 e. The van der Waals surface area contributed by atoms with Crippen molar-refractivity contribution in [1.82, 2.24) is 5.32 Å². The smallest absolute Gasteiger partial charge is 0.285 e. The number of hydrogen-bond donors (Lipinski definition) is 1. The van der Waals surface area contributed by atoms with Gasteiger partial charge in [0.25, 0.3) is 11.1 Å². The second kappa shape index (κ2) is 5.50. The summed E-state index contributed by atoms with van der Waals surface area (Å²) in [5.41, 5.74) is 0. The number of thioether (sulfide) groups is 1. The largest absolute Gasteiger partial charge is 0.287 e. The van der Waals surface area contributed by atoms with E-state index in [4.69, 9.17) is 0 Å². The second-order valence-corrected chi connectivity index (χ2v) is 6.04. The van der Waals surface area contributed by atoms with Crippen LogP contribution in [0, 0.1) is 0 Å². The summed E-state index contributed by atoms with van der Waals surface area (Å²) < 4.78 is 10.9. The lowest BCUT2D eigenvalue weighted by atomic mass is 10.3. The summed E-state index contributed by atoms with van der Waals surface area (Å²) in [5.74, 6) is 0.0986. The molecule has 6 heteroatoms. The predicted molar refractivity (Wildman–Crippen MR) is 57.5 cm³/mol. The number of amides is 2. The Balaban J connectivity index is 2.37. The summed E-state index contributed by atoms with van der Waals surface area (Å²) in [6.45, 7) is 2.06. The Morgan fingerprint density at radius 2 is 2.14 bits per heavy atom. The number of nitrogens with one attached hydrogen (secondary N) is 1. The average molecular weight is 235 g/mol. The normalized spacial score (nSPS) is 23.6. The number of imide groups is 1. The van der Waals surface area contributed by atoms with Crippen LogP contribution in [-0.2, 0) is 15.6 Å². The van der Waals surface area contributed by atoms with Gasteiger partial charge >= 0.3 is 0 Å². The first-order chi connectivity index (χ1) is 6.65. The molecule has 0 aromatic carbocycles. The molecule has 1 N–H and O–H groups in total. The Kier molecular flexibility index (Phi) is 4.60. The van der Waals surface area contributed by atoms with E-state index in [0.717, 1.165) is 31.0 Å². The summed E-state index contributed by atoms with van der Waals surface area (Å²) in [6, 6.07) is 0. The van der Waals surface area contributed by atoms with Crippen molar-refractivity contribution < 1.29 is 13.8 Å². The minimum absolute atomic E-state index is 0.385. The van der Waals surface area contributed by atoms with Gasteiger partial charge in [-0.25, -0.2) is 0 Å². The van der Waals surface area contributed by atoms with Crippen LogP contribution in [0.5, 0.6) is 0 Å². The van der Waals surface area contributed by atoms with Gasteiger partial charge in [0.1, 0.15) is 0 Å². The first kappa shape index (κ1) is 11.7. The summed E-state index contributed by atoms with van der Waals surface area (Å²) >= 11 is 0.840. The van der Waals surface area contributed by atoms with E-state index in [2.05, 4.69) is 12.2 Å². The van der Waals surface area contributed by atoms with E-state index >= 15 is 0 Å². The molecule has 0 saturated carbocycles. The van der Waals surface area contributed by atoms with Crippen molar-refractivity contribution in [2.75, 3.05) is 5.75 Å². The zero-order chi connectivity index (χ0) is 10.6. The maximum absolute atomic E-state index is 11.6. The fourth-order valence-electron chi connectivity index (χ4n) is 1.11. The van der Waals surface area contributed by atoms with Crippen LogP contribution in [0.2, 0.25) is 0 Å². The number of rotatable bonds is 5. The minimum atomic E-state index is -1.22. The van der Waals surface area contributed by atoms with Gasteiger partial charge in [-0.05, 0) is 18.2 Å². The molecule has 1 aliphatic heterocycles. The summed E-state index contributed by atoms with van der Waals surface area (Å²) in [6.07, 6.45) is 2.92. The van der Waals surface area contributed by atoms with Gasteiger partial charge in [0.2, 0.25) is 0 Å². The Morgan fingerprint density at radius 1 is 1.43 bits per heavy atom. The molecule has 0 spiro atoms. The summed E-state index contributed by atoms with van der Waals surface area (Å²) in [7, 11) is -1.22. The third-order valence-electron chi connectivity index (χ3n) is 1.84. The fraction of sp³-hybridized carbons (Fsp3) is 0.750. The van der Waals surface area contributed by atoms with E-state index in [-0.39, 0.29) is 5.24 Å². The van der Waals surface area contributed by atoms with Crippen LogP contribution < -0.4 is 5.32 Å². The molecule has 0 bridgehead atoms. The molecule has 80 valence electrons. The van der Waals surface area contributed by atoms with Gasteiger partial charge in [-0.15, -0.1) is 0 Å². The Hall–Kier alpha value is -0.360. The molecule has 0 radical (unpaired) electrons. The van der Waals surface area contributed by atoms with Crippen molar-refractivity contribution in [3.63, 3.8) is 0 Å². The first-order valence-corrected chi connectivity index (χ1v) is 6.80. The number of hydrogen-bond acceptors (Lipinski definition) is 4. The Morgan fingerprint density at radius 3 is 2.64 bits per heavy atom. The van der Waals surface area contributed by atoms with E-state index in [1.807, 2.05) is 0 Å². The van der Waals surface area contributed by atoms with Crippen LogP contribution in [0.1, 0.15) is 26.2 Å². The SMILES string of the molecule is CCCCCS(=O)C1SC(=O)NC1=O. The van der Waals surface area contributed by atoms with Gasteiger partial charge < -0.3 is 0 Å². The highest BCUT2D eigenvalue weighted by Gasteiger charge is 2.35. The Labute approximate surface area is 89.7 Å². The third kappa shape index (κ3) is 3.09. The van der Waals surface area contributed by atoms with Crippen LogP contribution in [-0.4, -0.2) is 25.7 Å². The van der Waals surface area contributed by atoms with Gasteiger partial charge in [0, 0.05) is 16.6 Å². The van der Waals surface area contributed by atoms with Gasteiger partial charge in [0.15, 0.2) is 4.58 Å². The molecule has 0 aromatic heterocycles. The molecule has 2 atom stereocenters. The van der Waals surface area contributed by atoms with E-state index in [1.54, 1.807) is 0 Å². The lowest BCUT2D eigenvalue weighted by Gasteiger charge is -2.04. The molecular weight excluding hydrogens is 222 g/mol. The molecule has 1 heterocycles. The van der Waals surface area contributed by atoms with E-state index in [1.165, 1.54) is 0 Å². The monoisotopic (exact) mass is 235 g/mol. The number of unbranched alkanes of at least 4 members (excludes halogenated alkanes) is 2. The molecule has 1 fully saturated rings. The quantitative estimate of drug-likeness (QED) is 0.728. The highest BCUT2D eigenvalue weighted by molar-refractivity contribution is 8.23.